The van der Waals surface area contributed by atoms with Crippen molar-refractivity contribution >= 4 is 11.6 Å². The van der Waals surface area contributed by atoms with E-state index in [0.29, 0.717) is 5.15 Å². The Morgan fingerprint density at radius 3 is 2.67 bits per heavy atom. The zero-order valence-electron chi connectivity index (χ0n) is 9.21. The maximum atomic E-state index is 5.85. The van der Waals surface area contributed by atoms with Gasteiger partial charge in [-0.3, -0.25) is 5.10 Å². The summed E-state index contributed by atoms with van der Waals surface area (Å²) >= 11 is 5.85. The lowest BCUT2D eigenvalue weighted by atomic mass is 10.1. The van der Waals surface area contributed by atoms with E-state index in [1.165, 1.54) is 6.33 Å². The molecule has 0 aliphatic carbocycles. The molecule has 3 heterocycles. The van der Waals surface area contributed by atoms with Gasteiger partial charge in [0.2, 0.25) is 0 Å². The normalized spacial score (nSPS) is 10.5. The summed E-state index contributed by atoms with van der Waals surface area (Å²) in [6.07, 6.45) is 6.57. The Kier molecular flexibility index (Phi) is 2.74. The highest BCUT2D eigenvalue weighted by molar-refractivity contribution is 6.29. The largest absolute Gasteiger partial charge is 0.277 e. The average molecular weight is 258 g/mol. The first-order chi connectivity index (χ1) is 8.83. The standard InChI is InChI=1S/C12H8ClN5/c13-12-3-8(1-2-16-12)10-4-11(18-17-10)9-5-14-7-15-6-9/h1-7H,(H,17,18). The lowest BCUT2D eigenvalue weighted by Gasteiger charge is -1.96. The first-order valence-corrected chi connectivity index (χ1v) is 5.63. The lowest BCUT2D eigenvalue weighted by Crippen LogP contribution is -1.81. The van der Waals surface area contributed by atoms with Gasteiger partial charge in [0.25, 0.3) is 0 Å². The number of aromatic amines is 1. The second-order valence-electron chi connectivity index (χ2n) is 3.66. The Labute approximate surface area is 108 Å². The monoisotopic (exact) mass is 257 g/mol. The molecule has 18 heavy (non-hydrogen) atoms. The Hall–Kier alpha value is -2.27. The minimum Gasteiger partial charge on any atom is -0.277 e. The Balaban J connectivity index is 2.00. The molecular weight excluding hydrogens is 250 g/mol. The van der Waals surface area contributed by atoms with Gasteiger partial charge >= 0.3 is 0 Å². The molecule has 0 radical (unpaired) electrons. The Morgan fingerprint density at radius 2 is 1.89 bits per heavy atom. The van der Waals surface area contributed by atoms with Crippen LogP contribution in [0, 0.1) is 0 Å². The van der Waals surface area contributed by atoms with Crippen LogP contribution in [0.15, 0.2) is 43.1 Å². The molecule has 0 aromatic carbocycles. The third kappa shape index (κ3) is 2.08. The van der Waals surface area contributed by atoms with Crippen LogP contribution in [-0.4, -0.2) is 25.1 Å². The van der Waals surface area contributed by atoms with Crippen LogP contribution in [0.2, 0.25) is 5.15 Å². The summed E-state index contributed by atoms with van der Waals surface area (Å²) in [6.45, 7) is 0. The second kappa shape index (κ2) is 4.54. The smallest absolute Gasteiger partial charge is 0.129 e. The molecule has 0 aliphatic rings. The molecule has 6 heteroatoms. The number of pyridine rings is 1. The van der Waals surface area contributed by atoms with Gasteiger partial charge in [-0.05, 0) is 18.2 Å². The Bertz CT molecular complexity index is 665. The molecule has 5 nitrogen and oxygen atoms in total. The second-order valence-corrected chi connectivity index (χ2v) is 4.05. The maximum Gasteiger partial charge on any atom is 0.129 e. The minimum atomic E-state index is 0.451. The summed E-state index contributed by atoms with van der Waals surface area (Å²) < 4.78 is 0. The molecule has 0 bridgehead atoms. The van der Waals surface area contributed by atoms with Crippen molar-refractivity contribution in [3.63, 3.8) is 0 Å². The SMILES string of the molecule is Clc1cc(-c2cc(-c3cncnc3)n[nH]2)ccn1. The van der Waals surface area contributed by atoms with Crippen molar-refractivity contribution in [1.29, 1.82) is 0 Å². The maximum absolute atomic E-state index is 5.85. The fourth-order valence-corrected chi connectivity index (χ4v) is 1.79. The van der Waals surface area contributed by atoms with E-state index in [9.17, 15) is 0 Å². The van der Waals surface area contributed by atoms with Crippen LogP contribution in [0.4, 0.5) is 0 Å². The van der Waals surface area contributed by atoms with E-state index >= 15 is 0 Å². The number of halogens is 1. The van der Waals surface area contributed by atoms with Crippen molar-refractivity contribution in [2.75, 3.05) is 0 Å². The topological polar surface area (TPSA) is 67.3 Å². The molecule has 0 unspecified atom stereocenters. The number of hydrogen-bond acceptors (Lipinski definition) is 4. The van der Waals surface area contributed by atoms with Gasteiger partial charge in [-0.2, -0.15) is 5.10 Å². The summed E-state index contributed by atoms with van der Waals surface area (Å²) in [5, 5.41) is 7.63. The fourth-order valence-electron chi connectivity index (χ4n) is 1.62. The highest BCUT2D eigenvalue weighted by Gasteiger charge is 2.06. The van der Waals surface area contributed by atoms with E-state index in [1.54, 1.807) is 24.7 Å². The third-order valence-electron chi connectivity index (χ3n) is 2.47. The van der Waals surface area contributed by atoms with Crippen molar-refractivity contribution < 1.29 is 0 Å². The van der Waals surface area contributed by atoms with Gasteiger partial charge in [0.1, 0.15) is 11.5 Å². The van der Waals surface area contributed by atoms with Gasteiger partial charge in [-0.15, -0.1) is 0 Å². The van der Waals surface area contributed by atoms with Gasteiger partial charge < -0.3 is 0 Å². The molecular formula is C12H8ClN5. The van der Waals surface area contributed by atoms with Crippen LogP contribution in [0.5, 0.6) is 0 Å². The highest BCUT2D eigenvalue weighted by Crippen LogP contribution is 2.23. The molecule has 0 spiro atoms. The Morgan fingerprint density at radius 1 is 1.06 bits per heavy atom. The van der Waals surface area contributed by atoms with Crippen LogP contribution in [0.1, 0.15) is 0 Å². The van der Waals surface area contributed by atoms with Crippen LogP contribution in [-0.2, 0) is 0 Å². The first kappa shape index (κ1) is 10.9. The quantitative estimate of drug-likeness (QED) is 0.717. The van der Waals surface area contributed by atoms with Crippen LogP contribution >= 0.6 is 11.6 Å². The molecule has 0 saturated carbocycles. The van der Waals surface area contributed by atoms with Gasteiger partial charge in [-0.25, -0.2) is 15.0 Å². The van der Waals surface area contributed by atoms with E-state index in [-0.39, 0.29) is 0 Å². The number of nitrogens with one attached hydrogen (secondary N) is 1. The molecule has 88 valence electrons. The van der Waals surface area contributed by atoms with E-state index in [1.807, 2.05) is 12.1 Å². The molecule has 1 N–H and O–H groups in total. The average Bonchev–Trinajstić information content (AvgIpc) is 2.89. The van der Waals surface area contributed by atoms with Gasteiger partial charge in [0.15, 0.2) is 0 Å². The summed E-state index contributed by atoms with van der Waals surface area (Å²) in [4.78, 5) is 11.9. The zero-order valence-corrected chi connectivity index (χ0v) is 9.96. The van der Waals surface area contributed by atoms with Crippen molar-refractivity contribution in [2.24, 2.45) is 0 Å². The molecule has 0 fully saturated rings. The van der Waals surface area contributed by atoms with Gasteiger partial charge in [0.05, 0.1) is 11.4 Å². The predicted molar refractivity (Wildman–Crippen MR) is 67.9 cm³/mol. The lowest BCUT2D eigenvalue weighted by molar-refractivity contribution is 1.09. The molecule has 0 atom stereocenters. The van der Waals surface area contributed by atoms with Gasteiger partial charge in [-0.1, -0.05) is 11.6 Å². The minimum absolute atomic E-state index is 0.451. The number of H-pyrrole nitrogens is 1. The zero-order chi connectivity index (χ0) is 12.4. The van der Waals surface area contributed by atoms with Gasteiger partial charge in [0, 0.05) is 29.7 Å². The van der Waals surface area contributed by atoms with Crippen molar-refractivity contribution in [3.8, 4) is 22.5 Å². The molecule has 3 rings (SSSR count). The number of rotatable bonds is 2. The molecule has 3 aromatic heterocycles. The summed E-state index contributed by atoms with van der Waals surface area (Å²) in [6, 6.07) is 5.56. The van der Waals surface area contributed by atoms with Crippen LogP contribution in [0.3, 0.4) is 0 Å². The third-order valence-corrected chi connectivity index (χ3v) is 2.68. The number of aromatic nitrogens is 5. The van der Waals surface area contributed by atoms with E-state index in [0.717, 1.165) is 22.5 Å². The summed E-state index contributed by atoms with van der Waals surface area (Å²) in [5.41, 5.74) is 3.46. The highest BCUT2D eigenvalue weighted by atomic mass is 35.5. The molecule has 0 amide bonds. The fraction of sp³-hybridized carbons (Fsp3) is 0. The number of hydrogen-bond donors (Lipinski definition) is 1. The van der Waals surface area contributed by atoms with Crippen LogP contribution in [0.25, 0.3) is 22.5 Å². The summed E-state index contributed by atoms with van der Waals surface area (Å²) in [7, 11) is 0. The van der Waals surface area contributed by atoms with E-state index in [4.69, 9.17) is 11.6 Å². The molecule has 0 aliphatic heterocycles. The van der Waals surface area contributed by atoms with E-state index in [2.05, 4.69) is 25.1 Å². The summed E-state index contributed by atoms with van der Waals surface area (Å²) in [5.74, 6) is 0. The van der Waals surface area contributed by atoms with Crippen molar-refractivity contribution in [3.05, 3.63) is 48.3 Å². The predicted octanol–water partition coefficient (Wildman–Crippen LogP) is 2.58. The van der Waals surface area contributed by atoms with E-state index < -0.39 is 0 Å². The number of nitrogens with zero attached hydrogens (tertiary/aromatic N) is 4. The van der Waals surface area contributed by atoms with Crippen molar-refractivity contribution in [1.82, 2.24) is 25.1 Å². The van der Waals surface area contributed by atoms with Crippen molar-refractivity contribution in [2.45, 2.75) is 0 Å². The molecule has 3 aromatic rings. The molecule has 0 saturated heterocycles. The first-order valence-electron chi connectivity index (χ1n) is 5.25. The van der Waals surface area contributed by atoms with Crippen LogP contribution < -0.4 is 0 Å².